The van der Waals surface area contributed by atoms with Gasteiger partial charge in [-0.05, 0) is 26.0 Å². The zero-order valence-electron chi connectivity index (χ0n) is 10.7. The third-order valence-electron chi connectivity index (χ3n) is 3.17. The van der Waals surface area contributed by atoms with E-state index in [1.165, 1.54) is 0 Å². The fourth-order valence-electron chi connectivity index (χ4n) is 2.02. The van der Waals surface area contributed by atoms with Crippen molar-refractivity contribution in [1.82, 2.24) is 9.78 Å². The first-order chi connectivity index (χ1) is 8.50. The minimum Gasteiger partial charge on any atom is -0.294 e. The van der Waals surface area contributed by atoms with Crippen molar-refractivity contribution in [2.45, 2.75) is 20.3 Å². The van der Waals surface area contributed by atoms with Crippen LogP contribution in [0, 0.1) is 13.8 Å². The Morgan fingerprint density at radius 1 is 1.33 bits per heavy atom. The van der Waals surface area contributed by atoms with Crippen molar-refractivity contribution in [3.05, 3.63) is 51.8 Å². The van der Waals surface area contributed by atoms with E-state index in [2.05, 4.69) is 5.10 Å². The second-order valence-corrected chi connectivity index (χ2v) is 4.76. The smallest absolute Gasteiger partial charge is 0.168 e. The van der Waals surface area contributed by atoms with Crippen LogP contribution in [0.4, 0.5) is 0 Å². The maximum atomic E-state index is 12.2. The van der Waals surface area contributed by atoms with E-state index in [0.29, 0.717) is 17.0 Å². The van der Waals surface area contributed by atoms with E-state index in [-0.39, 0.29) is 5.78 Å². The number of carbonyl (C=O) groups is 1. The molecule has 2 rings (SSSR count). The number of hydrogen-bond donors (Lipinski definition) is 0. The summed E-state index contributed by atoms with van der Waals surface area (Å²) < 4.78 is 1.80. The molecule has 1 heterocycles. The van der Waals surface area contributed by atoms with E-state index in [9.17, 15) is 4.79 Å². The Labute approximate surface area is 111 Å². The van der Waals surface area contributed by atoms with Gasteiger partial charge in [-0.2, -0.15) is 5.10 Å². The lowest BCUT2D eigenvalue weighted by Crippen LogP contribution is -2.06. The van der Waals surface area contributed by atoms with Gasteiger partial charge >= 0.3 is 0 Å². The molecule has 0 aliphatic rings. The van der Waals surface area contributed by atoms with Gasteiger partial charge in [0.15, 0.2) is 5.78 Å². The van der Waals surface area contributed by atoms with Gasteiger partial charge in [0.05, 0.1) is 10.7 Å². The predicted octanol–water partition coefficient (Wildman–Crippen LogP) is 3.12. The highest BCUT2D eigenvalue weighted by molar-refractivity contribution is 6.34. The first-order valence-corrected chi connectivity index (χ1v) is 6.15. The molecule has 0 unspecified atom stereocenters. The first kappa shape index (κ1) is 12.8. The molecule has 0 saturated heterocycles. The number of ketones is 1. The maximum Gasteiger partial charge on any atom is 0.168 e. The minimum atomic E-state index is 0.0276. The Morgan fingerprint density at radius 2 is 2.00 bits per heavy atom. The summed E-state index contributed by atoms with van der Waals surface area (Å²) in [6.45, 7) is 3.89. The van der Waals surface area contributed by atoms with E-state index >= 15 is 0 Å². The zero-order chi connectivity index (χ0) is 13.3. The summed E-state index contributed by atoms with van der Waals surface area (Å²) in [4.78, 5) is 12.2. The monoisotopic (exact) mass is 262 g/mol. The van der Waals surface area contributed by atoms with Gasteiger partial charge in [0.2, 0.25) is 0 Å². The van der Waals surface area contributed by atoms with Crippen molar-refractivity contribution < 1.29 is 4.79 Å². The second kappa shape index (κ2) is 4.94. The maximum absolute atomic E-state index is 12.2. The van der Waals surface area contributed by atoms with E-state index in [0.717, 1.165) is 17.0 Å². The molecular formula is C14H15ClN2O. The number of rotatable bonds is 3. The van der Waals surface area contributed by atoms with Crippen LogP contribution in [0.2, 0.25) is 5.02 Å². The highest BCUT2D eigenvalue weighted by Crippen LogP contribution is 2.20. The molecule has 0 amide bonds. The molecule has 0 fully saturated rings. The predicted molar refractivity (Wildman–Crippen MR) is 72.2 cm³/mol. The van der Waals surface area contributed by atoms with E-state index in [1.54, 1.807) is 16.8 Å². The quantitative estimate of drug-likeness (QED) is 0.797. The molecule has 94 valence electrons. The summed E-state index contributed by atoms with van der Waals surface area (Å²) in [7, 11) is 1.88. The van der Waals surface area contributed by atoms with Crippen molar-refractivity contribution >= 4 is 17.4 Å². The average Bonchev–Trinajstić information content (AvgIpc) is 2.56. The molecular weight excluding hydrogens is 248 g/mol. The number of carbonyl (C=O) groups excluding carboxylic acids is 1. The molecule has 2 aromatic rings. The molecule has 18 heavy (non-hydrogen) atoms. The molecule has 0 atom stereocenters. The third-order valence-corrected chi connectivity index (χ3v) is 3.50. The third kappa shape index (κ3) is 2.31. The number of benzene rings is 1. The van der Waals surface area contributed by atoms with Crippen molar-refractivity contribution in [3.63, 3.8) is 0 Å². The van der Waals surface area contributed by atoms with Gasteiger partial charge < -0.3 is 0 Å². The molecule has 3 nitrogen and oxygen atoms in total. The summed E-state index contributed by atoms with van der Waals surface area (Å²) in [5.74, 6) is 0.0276. The van der Waals surface area contributed by atoms with Crippen LogP contribution in [0.3, 0.4) is 0 Å². The Balaban J connectivity index is 2.30. The van der Waals surface area contributed by atoms with Gasteiger partial charge in [-0.1, -0.05) is 23.7 Å². The Morgan fingerprint density at radius 3 is 2.56 bits per heavy atom. The molecule has 0 saturated carbocycles. The molecule has 0 radical (unpaired) electrons. The zero-order valence-corrected chi connectivity index (χ0v) is 11.5. The van der Waals surface area contributed by atoms with Crippen molar-refractivity contribution in [2.24, 2.45) is 7.05 Å². The normalized spacial score (nSPS) is 10.7. The fourth-order valence-corrected chi connectivity index (χ4v) is 2.26. The largest absolute Gasteiger partial charge is 0.294 e. The number of hydrogen-bond acceptors (Lipinski definition) is 2. The molecule has 1 aromatic carbocycles. The molecule has 4 heteroatoms. The van der Waals surface area contributed by atoms with Crippen LogP contribution < -0.4 is 0 Å². The van der Waals surface area contributed by atoms with Crippen LogP contribution in [0.15, 0.2) is 24.3 Å². The molecule has 0 N–H and O–H groups in total. The SMILES string of the molecule is Cc1nn(C)c(C)c1CC(=O)c1ccccc1Cl. The Hall–Kier alpha value is -1.61. The van der Waals surface area contributed by atoms with Gasteiger partial charge in [0.1, 0.15) is 0 Å². The molecule has 0 aliphatic carbocycles. The summed E-state index contributed by atoms with van der Waals surface area (Å²) in [6, 6.07) is 7.13. The molecule has 1 aromatic heterocycles. The Kier molecular flexibility index (Phi) is 3.53. The van der Waals surface area contributed by atoms with Crippen LogP contribution in [0.25, 0.3) is 0 Å². The number of halogens is 1. The van der Waals surface area contributed by atoms with Gasteiger partial charge in [0.25, 0.3) is 0 Å². The lowest BCUT2D eigenvalue weighted by molar-refractivity contribution is 0.0992. The fraction of sp³-hybridized carbons (Fsp3) is 0.286. The number of nitrogens with zero attached hydrogens (tertiary/aromatic N) is 2. The van der Waals surface area contributed by atoms with Crippen molar-refractivity contribution in [1.29, 1.82) is 0 Å². The summed E-state index contributed by atoms with van der Waals surface area (Å²) in [5.41, 5.74) is 3.48. The van der Waals surface area contributed by atoms with Crippen molar-refractivity contribution in [3.8, 4) is 0 Å². The molecule has 0 spiro atoms. The van der Waals surface area contributed by atoms with Crippen LogP contribution in [0.1, 0.15) is 27.3 Å². The van der Waals surface area contributed by atoms with E-state index in [4.69, 9.17) is 11.6 Å². The van der Waals surface area contributed by atoms with Gasteiger partial charge in [-0.25, -0.2) is 0 Å². The van der Waals surface area contributed by atoms with Gasteiger partial charge in [-0.15, -0.1) is 0 Å². The van der Waals surface area contributed by atoms with Crippen LogP contribution in [-0.2, 0) is 13.5 Å². The van der Waals surface area contributed by atoms with Crippen LogP contribution in [0.5, 0.6) is 0 Å². The summed E-state index contributed by atoms with van der Waals surface area (Å²) >= 11 is 6.03. The standard InChI is InChI=1S/C14H15ClN2O/c1-9-12(10(2)17(3)16-9)8-14(18)11-6-4-5-7-13(11)15/h4-7H,8H2,1-3H3. The van der Waals surface area contributed by atoms with Crippen molar-refractivity contribution in [2.75, 3.05) is 0 Å². The number of aryl methyl sites for hydroxylation is 2. The minimum absolute atomic E-state index is 0.0276. The lowest BCUT2D eigenvalue weighted by atomic mass is 10.0. The van der Waals surface area contributed by atoms with E-state index < -0.39 is 0 Å². The Bertz CT molecular complexity index is 602. The van der Waals surface area contributed by atoms with Gasteiger partial charge in [-0.3, -0.25) is 9.48 Å². The first-order valence-electron chi connectivity index (χ1n) is 5.77. The number of Topliss-reactive ketones (excluding diaryl/α,β-unsaturated/α-hetero) is 1. The summed E-state index contributed by atoms with van der Waals surface area (Å²) in [6.07, 6.45) is 0.342. The van der Waals surface area contributed by atoms with E-state index in [1.807, 2.05) is 33.0 Å². The lowest BCUT2D eigenvalue weighted by Gasteiger charge is -2.04. The molecule has 0 bridgehead atoms. The second-order valence-electron chi connectivity index (χ2n) is 4.35. The van der Waals surface area contributed by atoms with Crippen LogP contribution >= 0.6 is 11.6 Å². The topological polar surface area (TPSA) is 34.9 Å². The highest BCUT2D eigenvalue weighted by atomic mass is 35.5. The highest BCUT2D eigenvalue weighted by Gasteiger charge is 2.16. The number of aromatic nitrogens is 2. The van der Waals surface area contributed by atoms with Gasteiger partial charge in [0, 0.05) is 30.3 Å². The molecule has 0 aliphatic heterocycles. The average molecular weight is 263 g/mol. The summed E-state index contributed by atoms with van der Waals surface area (Å²) in [5, 5.41) is 4.81. The van der Waals surface area contributed by atoms with Crippen LogP contribution in [-0.4, -0.2) is 15.6 Å².